The molecule has 1 rings (SSSR count). The zero-order chi connectivity index (χ0) is 14.1. The van der Waals surface area contributed by atoms with E-state index in [4.69, 9.17) is 4.74 Å². The Morgan fingerprint density at radius 1 is 1.16 bits per heavy atom. The van der Waals surface area contributed by atoms with Crippen LogP contribution in [-0.4, -0.2) is 37.6 Å². The molecular weight excluding hydrogens is 238 g/mol. The Morgan fingerprint density at radius 3 is 2.21 bits per heavy atom. The predicted octanol–water partition coefficient (Wildman–Crippen LogP) is 3.07. The third-order valence-corrected chi connectivity index (χ3v) is 3.21. The lowest BCUT2D eigenvalue weighted by atomic mass is 9.98. The molecule has 0 radical (unpaired) electrons. The second-order valence-electron chi connectivity index (χ2n) is 4.79. The van der Waals surface area contributed by atoms with Crippen molar-refractivity contribution >= 4 is 5.97 Å². The van der Waals surface area contributed by atoms with Crippen molar-refractivity contribution < 1.29 is 9.53 Å². The molecule has 1 aromatic carbocycles. The highest BCUT2D eigenvalue weighted by molar-refractivity contribution is 5.78. The average molecular weight is 263 g/mol. The van der Waals surface area contributed by atoms with Crippen molar-refractivity contribution in [3.8, 4) is 0 Å². The Morgan fingerprint density at radius 2 is 1.74 bits per heavy atom. The number of esters is 1. The first kappa shape index (κ1) is 15.7. The highest BCUT2D eigenvalue weighted by atomic mass is 16.5. The fraction of sp³-hybridized carbons (Fsp3) is 0.562. The summed E-state index contributed by atoms with van der Waals surface area (Å²) in [5, 5.41) is 0. The van der Waals surface area contributed by atoms with E-state index in [0.717, 1.165) is 38.0 Å². The lowest BCUT2D eigenvalue weighted by Crippen LogP contribution is -2.33. The summed E-state index contributed by atoms with van der Waals surface area (Å²) < 4.78 is 4.96. The van der Waals surface area contributed by atoms with Gasteiger partial charge in [0.1, 0.15) is 0 Å². The van der Waals surface area contributed by atoms with E-state index < -0.39 is 0 Å². The van der Waals surface area contributed by atoms with Gasteiger partial charge in [-0.2, -0.15) is 0 Å². The topological polar surface area (TPSA) is 29.5 Å². The van der Waals surface area contributed by atoms with Crippen LogP contribution in [0.25, 0.3) is 0 Å². The quantitative estimate of drug-likeness (QED) is 0.675. The molecule has 0 saturated heterocycles. The number of nitrogens with zero attached hydrogens (tertiary/aromatic N) is 1. The SMILES string of the molecule is CCCN(CCC)CC(C(=O)OC)c1ccccc1. The van der Waals surface area contributed by atoms with Crippen molar-refractivity contribution in [2.45, 2.75) is 32.6 Å². The normalized spacial score (nSPS) is 12.4. The van der Waals surface area contributed by atoms with E-state index in [9.17, 15) is 4.79 Å². The Bertz CT molecular complexity index is 358. The van der Waals surface area contributed by atoms with Gasteiger partial charge in [0.25, 0.3) is 0 Å². The van der Waals surface area contributed by atoms with Gasteiger partial charge in [0, 0.05) is 6.54 Å². The molecule has 1 aromatic rings. The smallest absolute Gasteiger partial charge is 0.314 e. The van der Waals surface area contributed by atoms with Gasteiger partial charge in [-0.1, -0.05) is 44.2 Å². The van der Waals surface area contributed by atoms with Crippen LogP contribution in [-0.2, 0) is 9.53 Å². The van der Waals surface area contributed by atoms with E-state index in [-0.39, 0.29) is 11.9 Å². The molecule has 0 spiro atoms. The predicted molar refractivity (Wildman–Crippen MR) is 78.2 cm³/mol. The van der Waals surface area contributed by atoms with E-state index in [0.29, 0.717) is 0 Å². The highest BCUT2D eigenvalue weighted by Gasteiger charge is 2.23. The summed E-state index contributed by atoms with van der Waals surface area (Å²) in [6.45, 7) is 7.11. The standard InChI is InChI=1S/C16H25NO2/c1-4-11-17(12-5-2)13-15(16(18)19-3)14-9-7-6-8-10-14/h6-10,15H,4-5,11-13H2,1-3H3. The minimum absolute atomic E-state index is 0.150. The summed E-state index contributed by atoms with van der Waals surface area (Å²) in [6.07, 6.45) is 2.20. The van der Waals surface area contributed by atoms with Crippen LogP contribution in [0.1, 0.15) is 38.2 Å². The van der Waals surface area contributed by atoms with Crippen LogP contribution in [0.2, 0.25) is 0 Å². The molecule has 3 nitrogen and oxygen atoms in total. The van der Waals surface area contributed by atoms with Gasteiger partial charge in [-0.3, -0.25) is 4.79 Å². The Kier molecular flexibility index (Phi) is 7.19. The molecule has 0 fully saturated rings. The van der Waals surface area contributed by atoms with E-state index >= 15 is 0 Å². The van der Waals surface area contributed by atoms with Gasteiger partial charge in [0.2, 0.25) is 0 Å². The zero-order valence-electron chi connectivity index (χ0n) is 12.3. The van der Waals surface area contributed by atoms with Crippen molar-refractivity contribution in [1.29, 1.82) is 0 Å². The van der Waals surface area contributed by atoms with Gasteiger partial charge in [0.05, 0.1) is 13.0 Å². The molecule has 1 unspecified atom stereocenters. The lowest BCUT2D eigenvalue weighted by molar-refractivity contribution is -0.143. The Hall–Kier alpha value is -1.35. The average Bonchev–Trinajstić information content (AvgIpc) is 2.45. The van der Waals surface area contributed by atoms with Gasteiger partial charge in [-0.15, -0.1) is 0 Å². The molecule has 0 amide bonds. The monoisotopic (exact) mass is 263 g/mol. The molecule has 1 atom stereocenters. The number of methoxy groups -OCH3 is 1. The second-order valence-corrected chi connectivity index (χ2v) is 4.79. The third kappa shape index (κ3) is 5.03. The molecule has 106 valence electrons. The van der Waals surface area contributed by atoms with Crippen LogP contribution in [0.4, 0.5) is 0 Å². The fourth-order valence-corrected chi connectivity index (χ4v) is 2.33. The van der Waals surface area contributed by atoms with Crippen molar-refractivity contribution in [2.24, 2.45) is 0 Å². The van der Waals surface area contributed by atoms with Crippen LogP contribution >= 0.6 is 0 Å². The highest BCUT2D eigenvalue weighted by Crippen LogP contribution is 2.19. The van der Waals surface area contributed by atoms with E-state index in [2.05, 4.69) is 18.7 Å². The summed E-state index contributed by atoms with van der Waals surface area (Å²) in [7, 11) is 1.46. The van der Waals surface area contributed by atoms with Crippen LogP contribution in [0, 0.1) is 0 Å². The van der Waals surface area contributed by atoms with Crippen molar-refractivity contribution in [3.63, 3.8) is 0 Å². The molecule has 0 aliphatic carbocycles. The number of carbonyl (C=O) groups excluding carboxylic acids is 1. The van der Waals surface area contributed by atoms with Crippen LogP contribution < -0.4 is 0 Å². The first-order valence-electron chi connectivity index (χ1n) is 7.08. The molecule has 0 aliphatic rings. The first-order valence-corrected chi connectivity index (χ1v) is 7.08. The minimum atomic E-state index is -0.190. The van der Waals surface area contributed by atoms with Crippen LogP contribution in [0.15, 0.2) is 30.3 Å². The molecule has 0 saturated carbocycles. The second kappa shape index (κ2) is 8.70. The van der Waals surface area contributed by atoms with Gasteiger partial charge in [-0.25, -0.2) is 0 Å². The summed E-state index contributed by atoms with van der Waals surface area (Å²) >= 11 is 0. The van der Waals surface area contributed by atoms with Crippen molar-refractivity contribution in [1.82, 2.24) is 4.90 Å². The largest absolute Gasteiger partial charge is 0.469 e. The summed E-state index contributed by atoms with van der Waals surface area (Å²) in [6, 6.07) is 9.90. The number of hydrogen-bond acceptors (Lipinski definition) is 3. The number of benzene rings is 1. The Labute approximate surface area is 116 Å². The van der Waals surface area contributed by atoms with Gasteiger partial charge >= 0.3 is 5.97 Å². The molecule has 0 aliphatic heterocycles. The van der Waals surface area contributed by atoms with Gasteiger partial charge < -0.3 is 9.64 Å². The first-order chi connectivity index (χ1) is 9.22. The number of hydrogen-bond donors (Lipinski definition) is 0. The third-order valence-electron chi connectivity index (χ3n) is 3.21. The van der Waals surface area contributed by atoms with Crippen LogP contribution in [0.5, 0.6) is 0 Å². The maximum Gasteiger partial charge on any atom is 0.314 e. The number of rotatable bonds is 8. The summed E-state index contributed by atoms with van der Waals surface area (Å²) in [5.41, 5.74) is 1.03. The number of carbonyl (C=O) groups is 1. The van der Waals surface area contributed by atoms with Crippen molar-refractivity contribution in [2.75, 3.05) is 26.7 Å². The molecule has 0 aromatic heterocycles. The molecular formula is C16H25NO2. The van der Waals surface area contributed by atoms with Gasteiger partial charge in [0.15, 0.2) is 0 Å². The fourth-order valence-electron chi connectivity index (χ4n) is 2.33. The molecule has 0 bridgehead atoms. The summed E-state index contributed by atoms with van der Waals surface area (Å²) in [5.74, 6) is -0.340. The lowest BCUT2D eigenvalue weighted by Gasteiger charge is -2.25. The number of ether oxygens (including phenoxy) is 1. The zero-order valence-corrected chi connectivity index (χ0v) is 12.3. The molecule has 0 heterocycles. The molecule has 19 heavy (non-hydrogen) atoms. The maximum atomic E-state index is 12.0. The molecule has 3 heteroatoms. The van der Waals surface area contributed by atoms with Crippen LogP contribution in [0.3, 0.4) is 0 Å². The van der Waals surface area contributed by atoms with E-state index in [1.807, 2.05) is 30.3 Å². The van der Waals surface area contributed by atoms with Crippen molar-refractivity contribution in [3.05, 3.63) is 35.9 Å². The maximum absolute atomic E-state index is 12.0. The van der Waals surface area contributed by atoms with E-state index in [1.54, 1.807) is 0 Å². The minimum Gasteiger partial charge on any atom is -0.469 e. The van der Waals surface area contributed by atoms with Gasteiger partial charge in [-0.05, 0) is 31.5 Å². The van der Waals surface area contributed by atoms with E-state index in [1.165, 1.54) is 7.11 Å². The molecule has 0 N–H and O–H groups in total. The summed E-state index contributed by atoms with van der Waals surface area (Å²) in [4.78, 5) is 14.3. The Balaban J connectivity index is 2.82.